The van der Waals surface area contributed by atoms with Crippen molar-refractivity contribution in [3.8, 4) is 5.75 Å². The van der Waals surface area contributed by atoms with Gasteiger partial charge in [0, 0.05) is 19.5 Å². The minimum absolute atomic E-state index is 0.00707. The molecule has 0 bridgehead atoms. The summed E-state index contributed by atoms with van der Waals surface area (Å²) in [7, 11) is 1.52. The predicted octanol–water partition coefficient (Wildman–Crippen LogP) is 2.36. The highest BCUT2D eigenvalue weighted by molar-refractivity contribution is 6.00. The van der Waals surface area contributed by atoms with E-state index in [-0.39, 0.29) is 31.2 Å². The van der Waals surface area contributed by atoms with Crippen molar-refractivity contribution in [3.05, 3.63) is 59.4 Å². The van der Waals surface area contributed by atoms with E-state index in [1.807, 2.05) is 19.1 Å². The molecule has 1 N–H and O–H groups in total. The van der Waals surface area contributed by atoms with E-state index < -0.39 is 24.4 Å². The Kier molecular flexibility index (Phi) is 6.66. The number of anilines is 1. The number of carbonyl (C=O) groups is 3. The van der Waals surface area contributed by atoms with Crippen LogP contribution in [-0.2, 0) is 25.7 Å². The number of esters is 1. The lowest BCUT2D eigenvalue weighted by Crippen LogP contribution is -2.31. The molecular formula is C22H23FN2O5. The molecule has 8 heteroatoms. The van der Waals surface area contributed by atoms with Gasteiger partial charge in [-0.15, -0.1) is 0 Å². The summed E-state index contributed by atoms with van der Waals surface area (Å²) in [6.45, 7) is 1.81. The molecule has 158 valence electrons. The maximum Gasteiger partial charge on any atom is 0.311 e. The number of amides is 2. The molecule has 0 saturated carbocycles. The molecule has 1 heterocycles. The van der Waals surface area contributed by atoms with Crippen LogP contribution in [0.1, 0.15) is 17.5 Å². The van der Waals surface area contributed by atoms with Crippen LogP contribution in [0.3, 0.4) is 0 Å². The maximum atomic E-state index is 12.9. The van der Waals surface area contributed by atoms with Crippen molar-refractivity contribution in [3.63, 3.8) is 0 Å². The van der Waals surface area contributed by atoms with Crippen LogP contribution in [0.25, 0.3) is 0 Å². The van der Waals surface area contributed by atoms with Crippen LogP contribution in [0.4, 0.5) is 10.1 Å². The van der Waals surface area contributed by atoms with E-state index in [4.69, 9.17) is 9.47 Å². The van der Waals surface area contributed by atoms with Gasteiger partial charge in [-0.1, -0.05) is 18.2 Å². The number of benzene rings is 2. The molecule has 0 aliphatic carbocycles. The Labute approximate surface area is 173 Å². The lowest BCUT2D eigenvalue weighted by molar-refractivity contribution is -0.152. The Balaban J connectivity index is 1.51. The standard InChI is InChI=1S/C22H23FN2O5/c1-14-3-8-19(29-2)18(9-14)25-12-16(10-21(25)27)22(28)30-13-20(26)24-11-15-4-6-17(23)7-5-15/h3-9,16H,10-13H2,1-2H3,(H,24,26)/t16-/m0/s1. The van der Waals surface area contributed by atoms with Gasteiger partial charge in [0.05, 0.1) is 18.7 Å². The molecule has 30 heavy (non-hydrogen) atoms. The third kappa shape index (κ3) is 5.14. The van der Waals surface area contributed by atoms with Gasteiger partial charge in [-0.05, 0) is 42.3 Å². The number of nitrogens with one attached hydrogen (secondary N) is 1. The van der Waals surface area contributed by atoms with Gasteiger partial charge in [0.1, 0.15) is 11.6 Å². The average Bonchev–Trinajstić information content (AvgIpc) is 3.13. The summed E-state index contributed by atoms with van der Waals surface area (Å²) in [6.07, 6.45) is 0.00707. The summed E-state index contributed by atoms with van der Waals surface area (Å²) in [6, 6.07) is 11.2. The summed E-state index contributed by atoms with van der Waals surface area (Å²) in [5.74, 6) is -1.76. The fourth-order valence-corrected chi connectivity index (χ4v) is 3.22. The van der Waals surface area contributed by atoms with Gasteiger partial charge in [-0.25, -0.2) is 4.39 Å². The second-order valence-corrected chi connectivity index (χ2v) is 7.09. The molecule has 0 spiro atoms. The van der Waals surface area contributed by atoms with Gasteiger partial charge >= 0.3 is 5.97 Å². The SMILES string of the molecule is COc1ccc(C)cc1N1C[C@@H](C(=O)OCC(=O)NCc2ccc(F)cc2)CC1=O. The molecule has 1 fully saturated rings. The Bertz CT molecular complexity index is 945. The topological polar surface area (TPSA) is 84.9 Å². The molecule has 0 radical (unpaired) electrons. The van der Waals surface area contributed by atoms with Crippen molar-refractivity contribution < 1.29 is 28.2 Å². The van der Waals surface area contributed by atoms with Crippen molar-refractivity contribution in [2.24, 2.45) is 5.92 Å². The minimum Gasteiger partial charge on any atom is -0.495 e. The largest absolute Gasteiger partial charge is 0.495 e. The first-order valence-electron chi connectivity index (χ1n) is 9.50. The van der Waals surface area contributed by atoms with Crippen molar-refractivity contribution in [2.45, 2.75) is 19.9 Å². The molecule has 0 aromatic heterocycles. The fourth-order valence-electron chi connectivity index (χ4n) is 3.22. The van der Waals surface area contributed by atoms with E-state index in [1.165, 1.54) is 24.1 Å². The van der Waals surface area contributed by atoms with Gasteiger partial charge in [0.25, 0.3) is 5.91 Å². The Morgan fingerprint density at radius 2 is 1.93 bits per heavy atom. The molecule has 1 atom stereocenters. The number of rotatable bonds is 7. The first kappa shape index (κ1) is 21.3. The highest BCUT2D eigenvalue weighted by Gasteiger charge is 2.37. The number of halogens is 1. The molecule has 0 unspecified atom stereocenters. The lowest BCUT2D eigenvalue weighted by atomic mass is 10.1. The van der Waals surface area contributed by atoms with Crippen LogP contribution in [0.5, 0.6) is 5.75 Å². The zero-order valence-corrected chi connectivity index (χ0v) is 16.8. The maximum absolute atomic E-state index is 12.9. The summed E-state index contributed by atoms with van der Waals surface area (Å²) in [5.41, 5.74) is 2.29. The Morgan fingerprint density at radius 3 is 2.63 bits per heavy atom. The minimum atomic E-state index is -0.660. The van der Waals surface area contributed by atoms with Gasteiger partial charge in [-0.2, -0.15) is 0 Å². The molecule has 3 rings (SSSR count). The third-order valence-electron chi connectivity index (χ3n) is 4.83. The molecule has 2 aromatic carbocycles. The molecule has 1 aliphatic heterocycles. The van der Waals surface area contributed by atoms with Crippen molar-refractivity contribution in [1.29, 1.82) is 0 Å². The third-order valence-corrected chi connectivity index (χ3v) is 4.83. The molecular weight excluding hydrogens is 391 g/mol. The van der Waals surface area contributed by atoms with Crippen LogP contribution in [-0.4, -0.2) is 38.0 Å². The highest BCUT2D eigenvalue weighted by atomic mass is 19.1. The van der Waals surface area contributed by atoms with Crippen molar-refractivity contribution in [1.82, 2.24) is 5.32 Å². The number of nitrogens with zero attached hydrogens (tertiary/aromatic N) is 1. The first-order chi connectivity index (χ1) is 14.4. The van der Waals surface area contributed by atoms with Gasteiger partial charge < -0.3 is 19.7 Å². The summed E-state index contributed by atoms with van der Waals surface area (Å²) < 4.78 is 23.3. The van der Waals surface area contributed by atoms with E-state index in [0.29, 0.717) is 11.4 Å². The van der Waals surface area contributed by atoms with Crippen molar-refractivity contribution >= 4 is 23.5 Å². The zero-order valence-electron chi connectivity index (χ0n) is 16.8. The van der Waals surface area contributed by atoms with Crippen LogP contribution in [0, 0.1) is 18.7 Å². The van der Waals surface area contributed by atoms with E-state index in [2.05, 4.69) is 5.32 Å². The van der Waals surface area contributed by atoms with Crippen molar-refractivity contribution in [2.75, 3.05) is 25.2 Å². The second kappa shape index (κ2) is 9.39. The molecule has 1 aliphatic rings. The second-order valence-electron chi connectivity index (χ2n) is 7.09. The zero-order chi connectivity index (χ0) is 21.7. The number of methoxy groups -OCH3 is 1. The number of hydrogen-bond acceptors (Lipinski definition) is 5. The van der Waals surface area contributed by atoms with Crippen LogP contribution in [0.2, 0.25) is 0 Å². The summed E-state index contributed by atoms with van der Waals surface area (Å²) >= 11 is 0. The van der Waals surface area contributed by atoms with E-state index in [1.54, 1.807) is 18.2 Å². The monoisotopic (exact) mass is 414 g/mol. The van der Waals surface area contributed by atoms with E-state index in [0.717, 1.165) is 11.1 Å². The Morgan fingerprint density at radius 1 is 1.20 bits per heavy atom. The number of hydrogen-bond donors (Lipinski definition) is 1. The molecule has 2 aromatic rings. The first-order valence-corrected chi connectivity index (χ1v) is 9.50. The molecule has 1 saturated heterocycles. The van der Waals surface area contributed by atoms with Gasteiger partial charge in [-0.3, -0.25) is 14.4 Å². The number of aryl methyl sites for hydroxylation is 1. The normalized spacial score (nSPS) is 15.8. The Hall–Kier alpha value is -3.42. The predicted molar refractivity (Wildman–Crippen MR) is 107 cm³/mol. The molecule has 2 amide bonds. The van der Waals surface area contributed by atoms with Crippen LogP contribution >= 0.6 is 0 Å². The summed E-state index contributed by atoms with van der Waals surface area (Å²) in [4.78, 5) is 38.2. The van der Waals surface area contributed by atoms with E-state index in [9.17, 15) is 18.8 Å². The molecule has 7 nitrogen and oxygen atoms in total. The quantitative estimate of drug-likeness (QED) is 0.703. The number of carbonyl (C=O) groups excluding carboxylic acids is 3. The van der Waals surface area contributed by atoms with E-state index >= 15 is 0 Å². The highest BCUT2D eigenvalue weighted by Crippen LogP contribution is 2.34. The smallest absolute Gasteiger partial charge is 0.311 e. The lowest BCUT2D eigenvalue weighted by Gasteiger charge is -2.20. The van der Waals surface area contributed by atoms with Crippen LogP contribution < -0.4 is 15.0 Å². The number of ether oxygens (including phenoxy) is 2. The van der Waals surface area contributed by atoms with Gasteiger partial charge in [0.15, 0.2) is 6.61 Å². The fraction of sp³-hybridized carbons (Fsp3) is 0.318. The average molecular weight is 414 g/mol. The van der Waals surface area contributed by atoms with Gasteiger partial charge in [0.2, 0.25) is 5.91 Å². The van der Waals surface area contributed by atoms with Crippen LogP contribution in [0.15, 0.2) is 42.5 Å². The summed E-state index contributed by atoms with van der Waals surface area (Å²) in [5, 5.41) is 2.60.